The number of nitrogens with one attached hydrogen (secondary N) is 1. The number of carbonyl (C=O) groups excluding carboxylic acids is 1. The predicted octanol–water partition coefficient (Wildman–Crippen LogP) is 1.57. The zero-order valence-corrected chi connectivity index (χ0v) is 9.16. The summed E-state index contributed by atoms with van der Waals surface area (Å²) in [7, 11) is 1.95. The zero-order chi connectivity index (χ0) is 10.8. The van der Waals surface area contributed by atoms with Crippen LogP contribution >= 0.6 is 0 Å². The molecule has 1 fully saturated rings. The van der Waals surface area contributed by atoms with E-state index in [1.54, 1.807) is 12.4 Å². The van der Waals surface area contributed by atoms with Crippen molar-refractivity contribution in [2.24, 2.45) is 5.92 Å². The third-order valence-corrected chi connectivity index (χ3v) is 3.22. The van der Waals surface area contributed by atoms with Gasteiger partial charge in [0.25, 0.3) is 0 Å². The highest BCUT2D eigenvalue weighted by atomic mass is 16.1. The van der Waals surface area contributed by atoms with Crippen molar-refractivity contribution in [1.82, 2.24) is 10.3 Å². The fourth-order valence-electron chi connectivity index (χ4n) is 2.01. The van der Waals surface area contributed by atoms with Gasteiger partial charge in [-0.2, -0.15) is 0 Å². The summed E-state index contributed by atoms with van der Waals surface area (Å²) in [6.45, 7) is 1.96. The van der Waals surface area contributed by atoms with Gasteiger partial charge in [-0.05, 0) is 38.4 Å². The smallest absolute Gasteiger partial charge is 0.167 e. The topological polar surface area (TPSA) is 42.0 Å². The number of rotatable bonds is 3. The van der Waals surface area contributed by atoms with Gasteiger partial charge in [-0.15, -0.1) is 0 Å². The molecule has 0 atom stereocenters. The monoisotopic (exact) mass is 204 g/mol. The van der Waals surface area contributed by atoms with Gasteiger partial charge in [0.15, 0.2) is 5.78 Å². The molecule has 1 aromatic heterocycles. The van der Waals surface area contributed by atoms with Gasteiger partial charge in [-0.1, -0.05) is 0 Å². The maximum Gasteiger partial charge on any atom is 0.167 e. The normalized spacial score (nSPS) is 24.7. The van der Waals surface area contributed by atoms with E-state index >= 15 is 0 Å². The van der Waals surface area contributed by atoms with Gasteiger partial charge >= 0.3 is 0 Å². The van der Waals surface area contributed by atoms with E-state index in [4.69, 9.17) is 0 Å². The fourth-order valence-corrected chi connectivity index (χ4v) is 2.01. The van der Waals surface area contributed by atoms with Gasteiger partial charge in [0.2, 0.25) is 0 Å². The van der Waals surface area contributed by atoms with Gasteiger partial charge in [0.05, 0.1) is 0 Å². The predicted molar refractivity (Wildman–Crippen MR) is 58.9 cm³/mol. The second-order valence-corrected chi connectivity index (χ2v) is 4.21. The van der Waals surface area contributed by atoms with Crippen LogP contribution in [0.1, 0.15) is 28.8 Å². The average Bonchev–Trinajstić information content (AvgIpc) is 2.16. The van der Waals surface area contributed by atoms with E-state index in [1.165, 1.54) is 0 Å². The minimum Gasteiger partial charge on any atom is -0.317 e. The molecule has 1 aromatic rings. The Balaban J connectivity index is 2.07. The maximum absolute atomic E-state index is 12.0. The van der Waals surface area contributed by atoms with Crippen LogP contribution in [0.25, 0.3) is 0 Å². The first-order valence-electron chi connectivity index (χ1n) is 5.34. The number of aromatic nitrogens is 1. The summed E-state index contributed by atoms with van der Waals surface area (Å²) < 4.78 is 0. The Hall–Kier alpha value is -1.22. The van der Waals surface area contributed by atoms with Crippen molar-refractivity contribution >= 4 is 5.78 Å². The van der Waals surface area contributed by atoms with Crippen LogP contribution in [-0.4, -0.2) is 23.9 Å². The summed E-state index contributed by atoms with van der Waals surface area (Å²) in [5, 5.41) is 3.18. The molecule has 3 heteroatoms. The Morgan fingerprint density at radius 2 is 2.27 bits per heavy atom. The molecule has 0 radical (unpaired) electrons. The maximum atomic E-state index is 12.0. The minimum absolute atomic E-state index is 0.199. The quantitative estimate of drug-likeness (QED) is 0.760. The van der Waals surface area contributed by atoms with Gasteiger partial charge < -0.3 is 5.32 Å². The van der Waals surface area contributed by atoms with Gasteiger partial charge in [0, 0.05) is 29.9 Å². The molecule has 80 valence electrons. The van der Waals surface area contributed by atoms with Gasteiger partial charge in [0.1, 0.15) is 0 Å². The molecule has 1 aliphatic carbocycles. The van der Waals surface area contributed by atoms with E-state index in [0.29, 0.717) is 6.04 Å². The van der Waals surface area contributed by atoms with E-state index in [9.17, 15) is 4.79 Å². The molecule has 1 heterocycles. The Labute approximate surface area is 89.9 Å². The SMILES string of the molecule is CNC1CC(C(=O)c2cnccc2C)C1. The number of pyridine rings is 1. The zero-order valence-electron chi connectivity index (χ0n) is 9.16. The molecule has 0 saturated heterocycles. The highest BCUT2D eigenvalue weighted by Gasteiger charge is 2.34. The summed E-state index contributed by atoms with van der Waals surface area (Å²) in [5.41, 5.74) is 1.82. The molecule has 1 saturated carbocycles. The van der Waals surface area contributed by atoms with Crippen LogP contribution in [0.15, 0.2) is 18.5 Å². The second-order valence-electron chi connectivity index (χ2n) is 4.21. The van der Waals surface area contributed by atoms with Crippen LogP contribution in [0.3, 0.4) is 0 Å². The largest absolute Gasteiger partial charge is 0.317 e. The first-order chi connectivity index (χ1) is 7.22. The molecule has 0 aliphatic heterocycles. The minimum atomic E-state index is 0.199. The Morgan fingerprint density at radius 3 is 2.87 bits per heavy atom. The first-order valence-corrected chi connectivity index (χ1v) is 5.34. The first kappa shape index (κ1) is 10.3. The van der Waals surface area contributed by atoms with Crippen LogP contribution in [0.5, 0.6) is 0 Å². The lowest BCUT2D eigenvalue weighted by atomic mass is 9.75. The molecular formula is C12H16N2O. The summed E-state index contributed by atoms with van der Waals surface area (Å²) in [5.74, 6) is 0.456. The third-order valence-electron chi connectivity index (χ3n) is 3.22. The number of nitrogens with zero attached hydrogens (tertiary/aromatic N) is 1. The highest BCUT2D eigenvalue weighted by Crippen LogP contribution is 2.30. The van der Waals surface area contributed by atoms with Crippen LogP contribution in [-0.2, 0) is 0 Å². The number of aryl methyl sites for hydroxylation is 1. The Kier molecular flexibility index (Phi) is 2.82. The molecule has 2 rings (SSSR count). The van der Waals surface area contributed by atoms with Gasteiger partial charge in [-0.3, -0.25) is 9.78 Å². The molecule has 1 aliphatic rings. The number of carbonyl (C=O) groups is 1. The van der Waals surface area contributed by atoms with E-state index in [0.717, 1.165) is 24.0 Å². The summed E-state index contributed by atoms with van der Waals surface area (Å²) >= 11 is 0. The Bertz CT molecular complexity index is 370. The lowest BCUT2D eigenvalue weighted by Crippen LogP contribution is -2.42. The standard InChI is InChI=1S/C12H16N2O/c1-8-3-4-14-7-11(8)12(15)9-5-10(6-9)13-2/h3-4,7,9-10,13H,5-6H2,1-2H3. The summed E-state index contributed by atoms with van der Waals surface area (Å²) in [6, 6.07) is 2.41. The van der Waals surface area contributed by atoms with Crippen LogP contribution < -0.4 is 5.32 Å². The van der Waals surface area contributed by atoms with E-state index in [2.05, 4.69) is 10.3 Å². The van der Waals surface area contributed by atoms with Crippen LogP contribution in [0, 0.1) is 12.8 Å². The van der Waals surface area contributed by atoms with E-state index in [1.807, 2.05) is 20.0 Å². The molecule has 3 nitrogen and oxygen atoms in total. The van der Waals surface area contributed by atoms with Crippen molar-refractivity contribution < 1.29 is 4.79 Å². The van der Waals surface area contributed by atoms with Crippen LogP contribution in [0.4, 0.5) is 0 Å². The van der Waals surface area contributed by atoms with Crippen molar-refractivity contribution in [3.05, 3.63) is 29.6 Å². The lowest BCUT2D eigenvalue weighted by molar-refractivity contribution is 0.0815. The van der Waals surface area contributed by atoms with Crippen molar-refractivity contribution in [1.29, 1.82) is 0 Å². The number of Topliss-reactive ketones (excluding diaryl/α,β-unsaturated/α-hetero) is 1. The van der Waals surface area contributed by atoms with Crippen molar-refractivity contribution in [2.75, 3.05) is 7.05 Å². The summed E-state index contributed by atoms with van der Waals surface area (Å²) in [6.07, 6.45) is 5.33. The molecule has 1 N–H and O–H groups in total. The van der Waals surface area contributed by atoms with E-state index in [-0.39, 0.29) is 11.7 Å². The highest BCUT2D eigenvalue weighted by molar-refractivity contribution is 5.99. The van der Waals surface area contributed by atoms with Crippen molar-refractivity contribution in [2.45, 2.75) is 25.8 Å². The molecule has 0 amide bonds. The molecular weight excluding hydrogens is 188 g/mol. The van der Waals surface area contributed by atoms with Crippen molar-refractivity contribution in [3.63, 3.8) is 0 Å². The molecule has 0 spiro atoms. The third kappa shape index (κ3) is 1.92. The molecule has 0 bridgehead atoms. The Morgan fingerprint density at radius 1 is 1.53 bits per heavy atom. The average molecular weight is 204 g/mol. The molecule has 15 heavy (non-hydrogen) atoms. The number of ketones is 1. The number of hydrogen-bond donors (Lipinski definition) is 1. The van der Waals surface area contributed by atoms with E-state index < -0.39 is 0 Å². The lowest BCUT2D eigenvalue weighted by Gasteiger charge is -2.34. The van der Waals surface area contributed by atoms with Crippen molar-refractivity contribution in [3.8, 4) is 0 Å². The number of hydrogen-bond acceptors (Lipinski definition) is 3. The summed E-state index contributed by atoms with van der Waals surface area (Å²) in [4.78, 5) is 16.1. The van der Waals surface area contributed by atoms with Gasteiger partial charge in [-0.25, -0.2) is 0 Å². The molecule has 0 unspecified atom stereocenters. The fraction of sp³-hybridized carbons (Fsp3) is 0.500. The molecule has 0 aromatic carbocycles. The van der Waals surface area contributed by atoms with Crippen LogP contribution in [0.2, 0.25) is 0 Å². The second kappa shape index (κ2) is 4.11.